The first-order valence-corrected chi connectivity index (χ1v) is 31.1. The van der Waals surface area contributed by atoms with Gasteiger partial charge in [0.2, 0.25) is 5.91 Å². The Labute approximate surface area is 458 Å². The molecule has 0 spiro atoms. The molecule has 1 rings (SSSR count). The minimum Gasteiger partial charge on any atom is -0.454 e. The second kappa shape index (κ2) is 52.1. The monoisotopic (exact) mass is 1060 g/mol. The summed E-state index contributed by atoms with van der Waals surface area (Å²) in [6.07, 6.45) is 54.1. The molecule has 8 unspecified atom stereocenters. The number of hydrogen-bond acceptors (Lipinski definition) is 10. The lowest BCUT2D eigenvalue weighted by Gasteiger charge is -2.41. The number of esters is 1. The number of aliphatic hydroxyl groups is 5. The molecule has 0 aromatic rings. The molecule has 1 aliphatic rings. The first-order chi connectivity index (χ1) is 36.7. The fourth-order valence-corrected chi connectivity index (χ4v) is 9.53. The zero-order valence-electron chi connectivity index (χ0n) is 48.2. The molecule has 6 N–H and O–H groups in total. The van der Waals surface area contributed by atoms with E-state index in [4.69, 9.17) is 14.2 Å². The minimum absolute atomic E-state index is 0.121. The van der Waals surface area contributed by atoms with Gasteiger partial charge in [-0.3, -0.25) is 9.59 Å². The van der Waals surface area contributed by atoms with E-state index >= 15 is 0 Å². The van der Waals surface area contributed by atoms with Crippen molar-refractivity contribution in [1.82, 2.24) is 5.32 Å². The average Bonchev–Trinajstić information content (AvgIpc) is 3.41. The molecule has 0 aromatic heterocycles. The number of aliphatic hydroxyl groups excluding tert-OH is 5. The van der Waals surface area contributed by atoms with Crippen LogP contribution in [-0.2, 0) is 23.8 Å². The Morgan fingerprint density at radius 3 is 1.47 bits per heavy atom. The van der Waals surface area contributed by atoms with E-state index in [0.29, 0.717) is 12.8 Å². The molecule has 0 aromatic carbocycles. The zero-order valence-corrected chi connectivity index (χ0v) is 48.2. The van der Waals surface area contributed by atoms with Crippen LogP contribution in [0.2, 0.25) is 0 Å². The summed E-state index contributed by atoms with van der Waals surface area (Å²) in [4.78, 5) is 26.5. The molecular weight excluding hydrogens is 943 g/mol. The normalized spacial score (nSPS) is 19.6. The summed E-state index contributed by atoms with van der Waals surface area (Å²) in [6.45, 7) is 5.65. The van der Waals surface area contributed by atoms with E-state index in [2.05, 4.69) is 62.5 Å². The summed E-state index contributed by atoms with van der Waals surface area (Å²) < 4.78 is 17.6. The van der Waals surface area contributed by atoms with Crippen molar-refractivity contribution in [1.29, 1.82) is 0 Å². The van der Waals surface area contributed by atoms with Crippen LogP contribution in [0.15, 0.2) is 60.8 Å². The average molecular weight is 1060 g/mol. The molecule has 1 aliphatic heterocycles. The second-order valence-electron chi connectivity index (χ2n) is 21.5. The van der Waals surface area contributed by atoms with Crippen molar-refractivity contribution in [3.8, 4) is 0 Å². The van der Waals surface area contributed by atoms with Crippen LogP contribution in [0.4, 0.5) is 0 Å². The summed E-state index contributed by atoms with van der Waals surface area (Å²) in [5.41, 5.74) is 0. The van der Waals surface area contributed by atoms with Crippen molar-refractivity contribution < 1.29 is 49.3 Å². The van der Waals surface area contributed by atoms with Gasteiger partial charge in [-0.05, 0) is 70.6 Å². The maximum absolute atomic E-state index is 13.4. The number of nitrogens with one attached hydrogen (secondary N) is 1. The van der Waals surface area contributed by atoms with Gasteiger partial charge in [0.15, 0.2) is 12.4 Å². The smallest absolute Gasteiger partial charge is 0.306 e. The van der Waals surface area contributed by atoms with Crippen LogP contribution in [0.1, 0.15) is 271 Å². The minimum atomic E-state index is -1.62. The van der Waals surface area contributed by atoms with Crippen molar-refractivity contribution in [3.05, 3.63) is 60.8 Å². The number of ether oxygens (including phenoxy) is 3. The lowest BCUT2D eigenvalue weighted by molar-refractivity contribution is -0.305. The van der Waals surface area contributed by atoms with Gasteiger partial charge >= 0.3 is 5.97 Å². The molecule has 1 heterocycles. The van der Waals surface area contributed by atoms with Crippen LogP contribution in [0, 0.1) is 0 Å². The van der Waals surface area contributed by atoms with Gasteiger partial charge in [0.25, 0.3) is 0 Å². The van der Waals surface area contributed by atoms with E-state index in [0.717, 1.165) is 83.5 Å². The van der Waals surface area contributed by atoms with Crippen LogP contribution in [0.25, 0.3) is 0 Å². The first kappa shape index (κ1) is 70.4. The molecule has 1 saturated heterocycles. The van der Waals surface area contributed by atoms with Gasteiger partial charge in [-0.15, -0.1) is 0 Å². The first-order valence-electron chi connectivity index (χ1n) is 31.1. The number of rotatable bonds is 52. The SMILES string of the molecule is CC/C=C/C=C/C=C/CCCCCCCCC(O)C(=O)NC(COC1OC(CO)C(O)C(O)C1OC(=O)CCCCCCCCCCCCC/C=C/CCCCCCCC)C(O)/C=C/CCCCCCCCCCC. The number of allylic oxidation sites excluding steroid dienone is 9. The van der Waals surface area contributed by atoms with Gasteiger partial charge < -0.3 is 45.1 Å². The lowest BCUT2D eigenvalue weighted by atomic mass is 9.99. The molecule has 11 nitrogen and oxygen atoms in total. The summed E-state index contributed by atoms with van der Waals surface area (Å²) in [5, 5.41) is 56.9. The fraction of sp³-hybridized carbons (Fsp3) is 0.812. The van der Waals surface area contributed by atoms with Crippen molar-refractivity contribution in [2.24, 2.45) is 0 Å². The molecule has 436 valence electrons. The molecule has 75 heavy (non-hydrogen) atoms. The predicted molar refractivity (Wildman–Crippen MR) is 310 cm³/mol. The fourth-order valence-electron chi connectivity index (χ4n) is 9.53. The Morgan fingerprint density at radius 2 is 0.973 bits per heavy atom. The third-order valence-electron chi connectivity index (χ3n) is 14.5. The van der Waals surface area contributed by atoms with Gasteiger partial charge in [-0.1, -0.05) is 255 Å². The molecule has 0 radical (unpaired) electrons. The molecule has 0 bridgehead atoms. The van der Waals surface area contributed by atoms with E-state index in [1.54, 1.807) is 6.08 Å². The number of amides is 1. The molecule has 11 heteroatoms. The Kier molecular flexibility index (Phi) is 48.9. The second-order valence-corrected chi connectivity index (χ2v) is 21.5. The number of unbranched alkanes of at least 4 members (excludes halogenated alkanes) is 32. The third kappa shape index (κ3) is 40.2. The van der Waals surface area contributed by atoms with Gasteiger partial charge in [0.1, 0.15) is 24.4 Å². The summed E-state index contributed by atoms with van der Waals surface area (Å²) in [7, 11) is 0. The van der Waals surface area contributed by atoms with Gasteiger partial charge in [0.05, 0.1) is 25.4 Å². The highest BCUT2D eigenvalue weighted by molar-refractivity contribution is 5.80. The van der Waals surface area contributed by atoms with Crippen LogP contribution in [0.3, 0.4) is 0 Å². The highest BCUT2D eigenvalue weighted by Gasteiger charge is 2.47. The molecule has 0 aliphatic carbocycles. The molecule has 8 atom stereocenters. The van der Waals surface area contributed by atoms with Crippen LogP contribution in [0.5, 0.6) is 0 Å². The Hall–Kier alpha value is -2.64. The quantitative estimate of drug-likeness (QED) is 0.0149. The molecule has 1 fully saturated rings. The summed E-state index contributed by atoms with van der Waals surface area (Å²) in [5.74, 6) is -1.21. The van der Waals surface area contributed by atoms with Crippen LogP contribution in [-0.4, -0.2) is 99.6 Å². The molecule has 1 amide bonds. The zero-order chi connectivity index (χ0) is 54.7. The predicted octanol–water partition coefficient (Wildman–Crippen LogP) is 14.6. The summed E-state index contributed by atoms with van der Waals surface area (Å²) >= 11 is 0. The van der Waals surface area contributed by atoms with Gasteiger partial charge in [-0.25, -0.2) is 0 Å². The van der Waals surface area contributed by atoms with Crippen LogP contribution < -0.4 is 5.32 Å². The maximum Gasteiger partial charge on any atom is 0.306 e. The van der Waals surface area contributed by atoms with Crippen LogP contribution >= 0.6 is 0 Å². The standard InChI is InChI=1S/C64H115NO10/c1-4-7-10-13-16-19-22-24-26-27-28-29-30-31-32-34-37-40-43-46-49-52-59(69)75-62-61(71)60(70)58(53-66)74-64(62)73-54-55(56(67)50-47-44-41-38-35-21-18-15-12-9-6-3)65-63(72)57(68)51-48-45-42-39-36-33-25-23-20-17-14-11-8-5-2/h8,11,14,17,20,23-24,26,47,50,55-58,60-62,64,66-68,70-71H,4-7,9-10,12-13,15-16,18-19,21-22,25,27-46,48-49,51-54H2,1-3H3,(H,65,72)/b11-8+,17-14+,23-20+,26-24+,50-47+. The van der Waals surface area contributed by atoms with E-state index < -0.39 is 67.4 Å². The molecular formula is C64H115NO10. The van der Waals surface area contributed by atoms with E-state index in [1.165, 1.54) is 141 Å². The topological polar surface area (TPSA) is 175 Å². The van der Waals surface area contributed by atoms with Crippen molar-refractivity contribution in [2.45, 2.75) is 320 Å². The van der Waals surface area contributed by atoms with E-state index in [-0.39, 0.29) is 19.4 Å². The molecule has 0 saturated carbocycles. The largest absolute Gasteiger partial charge is 0.454 e. The van der Waals surface area contributed by atoms with Crippen molar-refractivity contribution in [2.75, 3.05) is 13.2 Å². The van der Waals surface area contributed by atoms with E-state index in [1.807, 2.05) is 18.2 Å². The number of carbonyl (C=O) groups is 2. The van der Waals surface area contributed by atoms with E-state index in [9.17, 15) is 35.1 Å². The Morgan fingerprint density at radius 1 is 0.533 bits per heavy atom. The van der Waals surface area contributed by atoms with Gasteiger partial charge in [0, 0.05) is 6.42 Å². The third-order valence-corrected chi connectivity index (χ3v) is 14.5. The highest BCUT2D eigenvalue weighted by Crippen LogP contribution is 2.26. The number of hydrogen-bond donors (Lipinski definition) is 6. The number of carbonyl (C=O) groups excluding carboxylic acids is 2. The highest BCUT2D eigenvalue weighted by atomic mass is 16.7. The van der Waals surface area contributed by atoms with Gasteiger partial charge in [-0.2, -0.15) is 0 Å². The summed E-state index contributed by atoms with van der Waals surface area (Å²) in [6, 6.07) is -1.03. The van der Waals surface area contributed by atoms with Crippen molar-refractivity contribution >= 4 is 11.9 Å². The maximum atomic E-state index is 13.4. The lowest BCUT2D eigenvalue weighted by Crippen LogP contribution is -2.61. The van der Waals surface area contributed by atoms with Crippen molar-refractivity contribution in [3.63, 3.8) is 0 Å². The Balaban J connectivity index is 2.64. The Bertz CT molecular complexity index is 1450.